The first kappa shape index (κ1) is 14.1. The lowest BCUT2D eigenvalue weighted by Crippen LogP contribution is -2.33. The van der Waals surface area contributed by atoms with Gasteiger partial charge in [0, 0.05) is 24.6 Å². The monoisotopic (exact) mass is 306 g/mol. The molecule has 0 saturated heterocycles. The van der Waals surface area contributed by atoms with Crippen molar-refractivity contribution >= 4 is 27.3 Å². The predicted octanol–water partition coefficient (Wildman–Crippen LogP) is 2.35. The molecule has 3 N–H and O–H groups in total. The Morgan fingerprint density at radius 1 is 1.56 bits per heavy atom. The van der Waals surface area contributed by atoms with Crippen molar-refractivity contribution in [1.29, 1.82) is 0 Å². The van der Waals surface area contributed by atoms with Crippen LogP contribution in [0.2, 0.25) is 0 Å². The van der Waals surface area contributed by atoms with Crippen LogP contribution in [0.3, 0.4) is 0 Å². The van der Waals surface area contributed by atoms with Crippen LogP contribution in [0.15, 0.2) is 15.9 Å². The van der Waals surface area contributed by atoms with Crippen LogP contribution >= 0.6 is 27.3 Å². The van der Waals surface area contributed by atoms with E-state index in [1.807, 2.05) is 0 Å². The molecular formula is C11H19BrN2OS. The van der Waals surface area contributed by atoms with Crippen LogP contribution in [0.1, 0.15) is 17.7 Å². The molecule has 1 aromatic rings. The summed E-state index contributed by atoms with van der Waals surface area (Å²) in [6, 6.07) is 4.61. The van der Waals surface area contributed by atoms with Gasteiger partial charge in [-0.2, -0.15) is 0 Å². The van der Waals surface area contributed by atoms with Gasteiger partial charge in [0.2, 0.25) is 0 Å². The fraction of sp³-hybridized carbons (Fsp3) is 0.636. The lowest BCUT2D eigenvalue weighted by molar-refractivity contribution is 0.161. The van der Waals surface area contributed by atoms with Crippen LogP contribution in [-0.4, -0.2) is 26.3 Å². The van der Waals surface area contributed by atoms with Crippen LogP contribution in [0.25, 0.3) is 0 Å². The highest BCUT2D eigenvalue weighted by Gasteiger charge is 2.07. The fourth-order valence-corrected chi connectivity index (χ4v) is 2.94. The largest absolute Gasteiger partial charge is 0.383 e. The topological polar surface area (TPSA) is 47.3 Å². The number of halogens is 1. The Morgan fingerprint density at radius 3 is 2.94 bits per heavy atom. The summed E-state index contributed by atoms with van der Waals surface area (Å²) in [5, 5.41) is 3.49. The molecule has 0 aromatic carbocycles. The van der Waals surface area contributed by atoms with E-state index in [1.165, 1.54) is 8.66 Å². The summed E-state index contributed by atoms with van der Waals surface area (Å²) in [6.45, 7) is 2.38. The van der Waals surface area contributed by atoms with Gasteiger partial charge in [-0.1, -0.05) is 0 Å². The molecule has 1 aromatic heterocycles. The number of hydrogen-bond acceptors (Lipinski definition) is 4. The SMILES string of the molecule is COCC(CCCN)NCc1ccc(Br)s1. The number of hydrogen-bond donors (Lipinski definition) is 2. The fourth-order valence-electron chi connectivity index (χ4n) is 1.50. The summed E-state index contributed by atoms with van der Waals surface area (Å²) in [4.78, 5) is 1.33. The number of rotatable bonds is 8. The van der Waals surface area contributed by atoms with E-state index >= 15 is 0 Å². The van der Waals surface area contributed by atoms with E-state index in [9.17, 15) is 0 Å². The van der Waals surface area contributed by atoms with Crippen LogP contribution in [0.4, 0.5) is 0 Å². The summed E-state index contributed by atoms with van der Waals surface area (Å²) in [7, 11) is 1.73. The van der Waals surface area contributed by atoms with E-state index in [4.69, 9.17) is 10.5 Å². The highest BCUT2D eigenvalue weighted by atomic mass is 79.9. The molecule has 5 heteroatoms. The molecule has 0 saturated carbocycles. The van der Waals surface area contributed by atoms with Gasteiger partial charge >= 0.3 is 0 Å². The minimum absolute atomic E-state index is 0.398. The minimum atomic E-state index is 0.398. The molecule has 3 nitrogen and oxygen atoms in total. The molecule has 1 heterocycles. The van der Waals surface area contributed by atoms with Gasteiger partial charge < -0.3 is 15.8 Å². The highest BCUT2D eigenvalue weighted by Crippen LogP contribution is 2.21. The molecule has 0 aliphatic carbocycles. The van der Waals surface area contributed by atoms with E-state index in [0.29, 0.717) is 6.04 Å². The van der Waals surface area contributed by atoms with Crippen LogP contribution < -0.4 is 11.1 Å². The summed E-state index contributed by atoms with van der Waals surface area (Å²) in [6.07, 6.45) is 2.10. The number of ether oxygens (including phenoxy) is 1. The van der Waals surface area contributed by atoms with Crippen LogP contribution in [-0.2, 0) is 11.3 Å². The van der Waals surface area contributed by atoms with Gasteiger partial charge in [0.05, 0.1) is 10.4 Å². The Kier molecular flexibility index (Phi) is 7.23. The Bertz CT molecular complexity index is 293. The molecule has 0 aliphatic rings. The Morgan fingerprint density at radius 2 is 2.38 bits per heavy atom. The lowest BCUT2D eigenvalue weighted by Gasteiger charge is -2.16. The third-order valence-electron chi connectivity index (χ3n) is 2.32. The number of nitrogens with two attached hydrogens (primary N) is 1. The van der Waals surface area contributed by atoms with E-state index < -0.39 is 0 Å². The zero-order valence-electron chi connectivity index (χ0n) is 9.54. The Labute approximate surface area is 109 Å². The summed E-state index contributed by atoms with van der Waals surface area (Å²) < 4.78 is 6.36. The molecule has 0 aliphatic heterocycles. The summed E-state index contributed by atoms with van der Waals surface area (Å²) >= 11 is 5.22. The molecular weight excluding hydrogens is 288 g/mol. The molecule has 0 fully saturated rings. The standard InChI is InChI=1S/C11H19BrN2OS/c1-15-8-9(3-2-6-13)14-7-10-4-5-11(12)16-10/h4-5,9,14H,2-3,6-8,13H2,1H3. The molecule has 1 unspecified atom stereocenters. The third-order valence-corrected chi connectivity index (χ3v) is 3.94. The van der Waals surface area contributed by atoms with Crippen molar-refractivity contribution < 1.29 is 4.74 Å². The molecule has 0 bridgehead atoms. The second-order valence-corrected chi connectivity index (χ2v) is 6.22. The minimum Gasteiger partial charge on any atom is -0.383 e. The van der Waals surface area contributed by atoms with Crippen molar-refractivity contribution in [2.45, 2.75) is 25.4 Å². The maximum Gasteiger partial charge on any atom is 0.0701 e. The van der Waals surface area contributed by atoms with Crippen molar-refractivity contribution in [3.63, 3.8) is 0 Å². The zero-order chi connectivity index (χ0) is 11.8. The number of nitrogens with one attached hydrogen (secondary N) is 1. The second kappa shape index (κ2) is 8.20. The molecule has 0 radical (unpaired) electrons. The second-order valence-electron chi connectivity index (χ2n) is 3.67. The Hall–Kier alpha value is 0.0600. The molecule has 92 valence electrons. The summed E-state index contributed by atoms with van der Waals surface area (Å²) in [5.41, 5.74) is 5.51. The van der Waals surface area contributed by atoms with Gasteiger partial charge in [-0.25, -0.2) is 0 Å². The lowest BCUT2D eigenvalue weighted by atomic mass is 10.1. The van der Waals surface area contributed by atoms with Gasteiger partial charge in [-0.15, -0.1) is 11.3 Å². The number of thiophene rings is 1. The van der Waals surface area contributed by atoms with Gasteiger partial charge in [0.1, 0.15) is 0 Å². The maximum atomic E-state index is 5.51. The summed E-state index contributed by atoms with van der Waals surface area (Å²) in [5.74, 6) is 0. The molecule has 16 heavy (non-hydrogen) atoms. The average molecular weight is 307 g/mol. The first-order chi connectivity index (χ1) is 7.76. The quantitative estimate of drug-likeness (QED) is 0.775. The van der Waals surface area contributed by atoms with Gasteiger partial charge in [-0.05, 0) is 47.4 Å². The van der Waals surface area contributed by atoms with Crippen LogP contribution in [0.5, 0.6) is 0 Å². The smallest absolute Gasteiger partial charge is 0.0701 e. The normalized spacial score (nSPS) is 12.9. The van der Waals surface area contributed by atoms with Crippen molar-refractivity contribution in [2.75, 3.05) is 20.3 Å². The van der Waals surface area contributed by atoms with E-state index in [2.05, 4.69) is 33.4 Å². The van der Waals surface area contributed by atoms with Crippen molar-refractivity contribution in [3.05, 3.63) is 20.8 Å². The van der Waals surface area contributed by atoms with E-state index in [-0.39, 0.29) is 0 Å². The molecule has 0 amide bonds. The van der Waals surface area contributed by atoms with Crippen LogP contribution in [0, 0.1) is 0 Å². The first-order valence-corrected chi connectivity index (χ1v) is 7.03. The van der Waals surface area contributed by atoms with E-state index in [1.54, 1.807) is 18.4 Å². The molecule has 1 rings (SSSR count). The highest BCUT2D eigenvalue weighted by molar-refractivity contribution is 9.11. The van der Waals surface area contributed by atoms with Crippen molar-refractivity contribution in [1.82, 2.24) is 5.32 Å². The van der Waals surface area contributed by atoms with Gasteiger partial charge in [0.15, 0.2) is 0 Å². The predicted molar refractivity (Wildman–Crippen MR) is 72.8 cm³/mol. The first-order valence-electron chi connectivity index (χ1n) is 5.43. The average Bonchev–Trinajstić information content (AvgIpc) is 2.68. The van der Waals surface area contributed by atoms with Crippen molar-refractivity contribution in [2.24, 2.45) is 5.73 Å². The maximum absolute atomic E-state index is 5.51. The molecule has 1 atom stereocenters. The molecule has 0 spiro atoms. The zero-order valence-corrected chi connectivity index (χ0v) is 11.9. The van der Waals surface area contributed by atoms with E-state index in [0.717, 1.165) is 32.5 Å². The van der Waals surface area contributed by atoms with Crippen molar-refractivity contribution in [3.8, 4) is 0 Å². The van der Waals surface area contributed by atoms with Gasteiger partial charge in [0.25, 0.3) is 0 Å². The van der Waals surface area contributed by atoms with Gasteiger partial charge in [-0.3, -0.25) is 0 Å². The third kappa shape index (κ3) is 5.41. The number of methoxy groups -OCH3 is 1. The Balaban J connectivity index is 2.30.